The van der Waals surface area contributed by atoms with Gasteiger partial charge >= 0.3 is 17.4 Å². The Kier molecular flexibility index (Phi) is 53100. The smallest absolute Gasteiger partial charge is 0.412 e. The second kappa shape index (κ2) is 358. The van der Waals surface area contributed by atoms with Crippen molar-refractivity contribution in [1.29, 1.82) is 0 Å². The summed E-state index contributed by atoms with van der Waals surface area (Å²) in [6.45, 7) is 0. The summed E-state index contributed by atoms with van der Waals surface area (Å²) >= 11 is 0. The molecular formula is H8AlO4+3. The zero-order valence-corrected chi connectivity index (χ0v) is 3.73. The summed E-state index contributed by atoms with van der Waals surface area (Å²) < 4.78 is 0. The predicted molar refractivity (Wildman–Crippen MR) is 20.2 cm³/mol. The Morgan fingerprint density at radius 2 is 0.400 bits per heavy atom. The van der Waals surface area contributed by atoms with E-state index in [2.05, 4.69) is 0 Å². The van der Waals surface area contributed by atoms with E-state index in [0.29, 0.717) is 0 Å². The Morgan fingerprint density at radius 3 is 0.400 bits per heavy atom. The van der Waals surface area contributed by atoms with Crippen LogP contribution >= 0.6 is 0 Å². The van der Waals surface area contributed by atoms with Crippen LogP contribution in [-0.2, 0) is 0 Å². The molecule has 0 amide bonds. The Balaban J connectivity index is 0. The maximum absolute atomic E-state index is 0. The van der Waals surface area contributed by atoms with Crippen LogP contribution in [-0.4, -0.2) is 39.3 Å². The van der Waals surface area contributed by atoms with E-state index in [4.69, 9.17) is 0 Å². The topological polar surface area (TPSA) is 126 Å². The fourth-order valence-corrected chi connectivity index (χ4v) is 0. The van der Waals surface area contributed by atoms with Gasteiger partial charge in [0, 0.05) is 0 Å². The van der Waals surface area contributed by atoms with Gasteiger partial charge in [-0.2, -0.15) is 0 Å². The van der Waals surface area contributed by atoms with Crippen molar-refractivity contribution in [1.82, 2.24) is 0 Å². The van der Waals surface area contributed by atoms with Crippen LogP contribution in [0.15, 0.2) is 0 Å². The van der Waals surface area contributed by atoms with Crippen LogP contribution in [0.1, 0.15) is 0 Å². The van der Waals surface area contributed by atoms with Crippen LogP contribution in [0, 0.1) is 0 Å². The molecule has 0 saturated carbocycles. The molecule has 0 spiro atoms. The van der Waals surface area contributed by atoms with Gasteiger partial charge in [0.15, 0.2) is 0 Å². The van der Waals surface area contributed by atoms with Crippen LogP contribution in [0.5, 0.6) is 0 Å². The zero-order valence-electron chi connectivity index (χ0n) is 2.58. The Labute approximate surface area is 40.2 Å². The third kappa shape index (κ3) is 177. The minimum absolute atomic E-state index is 0. The first-order chi connectivity index (χ1) is 0. The molecule has 0 bridgehead atoms. The molecule has 0 fully saturated rings. The van der Waals surface area contributed by atoms with Crippen molar-refractivity contribution in [3.63, 3.8) is 0 Å². The maximum atomic E-state index is 0. The van der Waals surface area contributed by atoms with Gasteiger partial charge in [-0.1, -0.05) is 0 Å². The number of rotatable bonds is 0. The molecule has 0 aromatic heterocycles. The van der Waals surface area contributed by atoms with E-state index in [1.165, 1.54) is 0 Å². The standard InChI is InChI=1S/Al.4H2O/h;4*1H2/q+3;;;;. The van der Waals surface area contributed by atoms with Gasteiger partial charge in [0.05, 0.1) is 0 Å². The molecule has 0 aromatic carbocycles. The minimum Gasteiger partial charge on any atom is -0.412 e. The minimum atomic E-state index is 0. The Hall–Kier alpha value is 0.372. The third-order valence-corrected chi connectivity index (χ3v) is 0. The Morgan fingerprint density at radius 1 is 0.400 bits per heavy atom. The second-order valence-corrected chi connectivity index (χ2v) is 0. The normalized spacial score (nSPS) is 0. The quantitative estimate of drug-likeness (QED) is 0.277. The first-order valence-electron chi connectivity index (χ1n) is 0. The molecule has 0 unspecified atom stereocenters. The van der Waals surface area contributed by atoms with Gasteiger partial charge in [-0.3, -0.25) is 0 Å². The van der Waals surface area contributed by atoms with E-state index in [0.717, 1.165) is 0 Å². The summed E-state index contributed by atoms with van der Waals surface area (Å²) in [6.07, 6.45) is 0. The van der Waals surface area contributed by atoms with E-state index in [1.807, 2.05) is 0 Å². The molecule has 0 radical (unpaired) electrons. The van der Waals surface area contributed by atoms with Crippen LogP contribution in [0.3, 0.4) is 0 Å². The molecule has 0 rings (SSSR count). The molecule has 5 heteroatoms. The van der Waals surface area contributed by atoms with Gasteiger partial charge < -0.3 is 21.9 Å². The Bertz CT molecular complexity index is 3.61. The molecule has 0 saturated heterocycles. The summed E-state index contributed by atoms with van der Waals surface area (Å²) in [4.78, 5) is 0. The van der Waals surface area contributed by atoms with Crippen LogP contribution in [0.25, 0.3) is 0 Å². The average Bonchev–Trinajstić information content (AvgIpc) is 0. The van der Waals surface area contributed by atoms with Gasteiger partial charge in [0.2, 0.25) is 0 Å². The van der Waals surface area contributed by atoms with E-state index >= 15 is 0 Å². The summed E-state index contributed by atoms with van der Waals surface area (Å²) in [6, 6.07) is 0. The largest absolute Gasteiger partial charge is 3.00 e. The van der Waals surface area contributed by atoms with Crippen molar-refractivity contribution in [3.05, 3.63) is 0 Å². The number of hydrogen-bond donors (Lipinski definition) is 0. The molecule has 0 aromatic rings. The predicted octanol–water partition coefficient (Wildman–Crippen LogP) is -3.68. The van der Waals surface area contributed by atoms with Gasteiger partial charge in [-0.15, -0.1) is 0 Å². The molecule has 4 nitrogen and oxygen atoms in total. The van der Waals surface area contributed by atoms with Crippen LogP contribution in [0.4, 0.5) is 0 Å². The molecule has 0 heterocycles. The number of hydrogen-bond acceptors (Lipinski definition) is 0. The third-order valence-electron chi connectivity index (χ3n) is 0. The average molecular weight is 99.0 g/mol. The SMILES string of the molecule is O.O.O.O.[Al+3]. The second-order valence-electron chi connectivity index (χ2n) is 0. The molecule has 0 atom stereocenters. The summed E-state index contributed by atoms with van der Waals surface area (Å²) in [5.74, 6) is 0. The summed E-state index contributed by atoms with van der Waals surface area (Å²) in [5.41, 5.74) is 0. The van der Waals surface area contributed by atoms with E-state index in [-0.39, 0.29) is 39.3 Å². The molecule has 8 N–H and O–H groups in total. The zero-order chi connectivity index (χ0) is 0. The first kappa shape index (κ1) is 740. The van der Waals surface area contributed by atoms with Crippen molar-refractivity contribution in [3.8, 4) is 0 Å². The molecule has 32 valence electrons. The van der Waals surface area contributed by atoms with Crippen molar-refractivity contribution in [2.75, 3.05) is 0 Å². The molecule has 0 aliphatic carbocycles. The maximum Gasteiger partial charge on any atom is 3.00 e. The first-order valence-corrected chi connectivity index (χ1v) is 0. The van der Waals surface area contributed by atoms with Gasteiger partial charge in [-0.05, 0) is 0 Å². The summed E-state index contributed by atoms with van der Waals surface area (Å²) in [7, 11) is 0. The fourth-order valence-electron chi connectivity index (χ4n) is 0. The van der Waals surface area contributed by atoms with Crippen molar-refractivity contribution in [2.24, 2.45) is 0 Å². The molecule has 0 aliphatic heterocycles. The monoisotopic (exact) mass is 99.0 g/mol. The van der Waals surface area contributed by atoms with Crippen LogP contribution in [0.2, 0.25) is 0 Å². The van der Waals surface area contributed by atoms with Gasteiger partial charge in [-0.25, -0.2) is 0 Å². The van der Waals surface area contributed by atoms with E-state index in [1.54, 1.807) is 0 Å². The van der Waals surface area contributed by atoms with Gasteiger partial charge in [0.25, 0.3) is 0 Å². The van der Waals surface area contributed by atoms with Crippen molar-refractivity contribution >= 4 is 17.4 Å². The van der Waals surface area contributed by atoms with E-state index in [9.17, 15) is 0 Å². The van der Waals surface area contributed by atoms with Crippen molar-refractivity contribution < 1.29 is 21.9 Å². The van der Waals surface area contributed by atoms with E-state index < -0.39 is 0 Å². The van der Waals surface area contributed by atoms with Gasteiger partial charge in [0.1, 0.15) is 0 Å². The molecule has 5 heavy (non-hydrogen) atoms. The fraction of sp³-hybridized carbons (Fsp3) is 0. The van der Waals surface area contributed by atoms with Crippen molar-refractivity contribution in [2.45, 2.75) is 0 Å². The molecule has 0 aliphatic rings. The summed E-state index contributed by atoms with van der Waals surface area (Å²) in [5, 5.41) is 0. The van der Waals surface area contributed by atoms with Crippen LogP contribution < -0.4 is 0 Å². The molecular weight excluding hydrogens is 91.0 g/mol.